The van der Waals surface area contributed by atoms with E-state index < -0.39 is 10.0 Å². The minimum absolute atomic E-state index is 0.225. The van der Waals surface area contributed by atoms with E-state index in [4.69, 9.17) is 0 Å². The molecule has 1 amide bonds. The number of anilines is 1. The maximum Gasteiger partial charge on any atom is 0.257 e. The first-order valence-electron chi connectivity index (χ1n) is 9.63. The third-order valence-electron chi connectivity index (χ3n) is 5.02. The minimum Gasteiger partial charge on any atom is -0.298 e. The highest BCUT2D eigenvalue weighted by Gasteiger charge is 2.26. The summed E-state index contributed by atoms with van der Waals surface area (Å²) in [5, 5.41) is 3.29. The molecule has 3 aromatic rings. The Kier molecular flexibility index (Phi) is 5.42. The number of aromatic nitrogens is 1. The number of thiazole rings is 1. The van der Waals surface area contributed by atoms with Crippen LogP contribution < -0.4 is 5.32 Å². The molecular weight excluding hydrogens is 406 g/mol. The van der Waals surface area contributed by atoms with E-state index in [9.17, 15) is 13.2 Å². The second kappa shape index (κ2) is 7.85. The Morgan fingerprint density at radius 1 is 1.03 bits per heavy atom. The number of benzene rings is 2. The second-order valence-electron chi connectivity index (χ2n) is 7.44. The lowest BCUT2D eigenvalue weighted by molar-refractivity contribution is 0.102. The molecule has 1 aliphatic rings. The highest BCUT2D eigenvalue weighted by atomic mass is 32.2. The molecule has 152 valence electrons. The number of aryl methyl sites for hydroxylation is 2. The molecule has 0 radical (unpaired) electrons. The van der Waals surface area contributed by atoms with Crippen molar-refractivity contribution in [3.63, 3.8) is 0 Å². The summed E-state index contributed by atoms with van der Waals surface area (Å²) in [6.07, 6.45) is 2.87. The second-order valence-corrected chi connectivity index (χ2v) is 10.4. The van der Waals surface area contributed by atoms with E-state index in [1.165, 1.54) is 11.3 Å². The van der Waals surface area contributed by atoms with E-state index >= 15 is 0 Å². The van der Waals surface area contributed by atoms with Gasteiger partial charge in [-0.2, -0.15) is 4.31 Å². The van der Waals surface area contributed by atoms with Crippen LogP contribution in [0.5, 0.6) is 0 Å². The number of carbonyl (C=O) groups excluding carboxylic acids is 1. The summed E-state index contributed by atoms with van der Waals surface area (Å²) in [5.41, 5.74) is 3.29. The molecule has 0 aliphatic carbocycles. The zero-order valence-corrected chi connectivity index (χ0v) is 18.1. The van der Waals surface area contributed by atoms with Crippen molar-refractivity contribution < 1.29 is 13.2 Å². The molecule has 29 heavy (non-hydrogen) atoms. The molecule has 1 aliphatic heterocycles. The Morgan fingerprint density at radius 3 is 2.41 bits per heavy atom. The van der Waals surface area contributed by atoms with Crippen LogP contribution in [0.3, 0.4) is 0 Å². The lowest BCUT2D eigenvalue weighted by atomic mass is 10.1. The van der Waals surface area contributed by atoms with E-state index in [2.05, 4.69) is 10.3 Å². The summed E-state index contributed by atoms with van der Waals surface area (Å²) < 4.78 is 28.1. The van der Waals surface area contributed by atoms with Crippen molar-refractivity contribution in [2.24, 2.45) is 0 Å². The van der Waals surface area contributed by atoms with Gasteiger partial charge in [0.2, 0.25) is 10.0 Å². The summed E-state index contributed by atoms with van der Waals surface area (Å²) >= 11 is 1.28. The number of hydrogen-bond acceptors (Lipinski definition) is 5. The van der Waals surface area contributed by atoms with Crippen molar-refractivity contribution in [1.29, 1.82) is 0 Å². The maximum atomic E-state index is 12.9. The van der Waals surface area contributed by atoms with Crippen LogP contribution in [-0.2, 0) is 10.0 Å². The lowest BCUT2D eigenvalue weighted by Gasteiger charge is -2.25. The molecule has 8 heteroatoms. The first kappa shape index (κ1) is 20.0. The van der Waals surface area contributed by atoms with Crippen LogP contribution in [0, 0.1) is 13.8 Å². The summed E-state index contributed by atoms with van der Waals surface area (Å²) in [6, 6.07) is 10.6. The highest BCUT2D eigenvalue weighted by molar-refractivity contribution is 7.89. The van der Waals surface area contributed by atoms with Crippen molar-refractivity contribution in [3.8, 4) is 0 Å². The molecule has 1 fully saturated rings. The Labute approximate surface area is 174 Å². The Balaban J connectivity index is 1.59. The van der Waals surface area contributed by atoms with Crippen molar-refractivity contribution in [3.05, 3.63) is 53.1 Å². The molecule has 0 bridgehead atoms. The average Bonchev–Trinajstić information content (AvgIpc) is 3.09. The fourth-order valence-electron chi connectivity index (χ4n) is 3.65. The smallest absolute Gasteiger partial charge is 0.257 e. The molecule has 1 aromatic heterocycles. The largest absolute Gasteiger partial charge is 0.298 e. The molecule has 1 N–H and O–H groups in total. The van der Waals surface area contributed by atoms with Crippen LogP contribution >= 0.6 is 11.3 Å². The molecule has 6 nitrogen and oxygen atoms in total. The van der Waals surface area contributed by atoms with Crippen LogP contribution in [0.15, 0.2) is 41.3 Å². The number of piperidine rings is 1. The number of carbonyl (C=O) groups is 1. The maximum absolute atomic E-state index is 12.9. The zero-order valence-electron chi connectivity index (χ0n) is 16.4. The summed E-state index contributed by atoms with van der Waals surface area (Å²) in [5.74, 6) is -0.225. The monoisotopic (exact) mass is 429 g/mol. The fourth-order valence-corrected chi connectivity index (χ4v) is 6.17. The van der Waals surface area contributed by atoms with Crippen LogP contribution in [-0.4, -0.2) is 36.7 Å². The first-order chi connectivity index (χ1) is 13.8. The highest BCUT2D eigenvalue weighted by Crippen LogP contribution is 2.30. The minimum atomic E-state index is -3.49. The van der Waals surface area contributed by atoms with Gasteiger partial charge in [-0.3, -0.25) is 10.1 Å². The molecule has 0 unspecified atom stereocenters. The number of nitrogens with one attached hydrogen (secondary N) is 1. The lowest BCUT2D eigenvalue weighted by Crippen LogP contribution is -2.35. The fraction of sp³-hybridized carbons (Fsp3) is 0.333. The number of hydrogen-bond donors (Lipinski definition) is 1. The predicted octanol–water partition coefficient (Wildman–Crippen LogP) is 4.34. The van der Waals surface area contributed by atoms with Gasteiger partial charge in [0.1, 0.15) is 0 Å². The van der Waals surface area contributed by atoms with E-state index in [0.29, 0.717) is 29.3 Å². The predicted molar refractivity (Wildman–Crippen MR) is 116 cm³/mol. The first-order valence-corrected chi connectivity index (χ1v) is 11.9. The topological polar surface area (TPSA) is 79.4 Å². The van der Waals surface area contributed by atoms with Crippen molar-refractivity contribution in [2.45, 2.75) is 38.0 Å². The molecule has 4 rings (SSSR count). The Hall–Kier alpha value is -2.29. The van der Waals surface area contributed by atoms with Gasteiger partial charge in [0.05, 0.1) is 15.1 Å². The van der Waals surface area contributed by atoms with Gasteiger partial charge in [0, 0.05) is 18.7 Å². The molecule has 0 saturated carbocycles. The summed E-state index contributed by atoms with van der Waals surface area (Å²) in [7, 11) is -3.49. The normalized spacial score (nSPS) is 15.5. The van der Waals surface area contributed by atoms with Gasteiger partial charge in [-0.05, 0) is 57.0 Å². The standard InChI is InChI=1S/C21H23N3O3S2/c1-14-10-15(2)12-16(11-14)20(25)23-21-22-18-7-6-17(13-19(18)28-21)29(26,27)24-8-4-3-5-9-24/h6-7,10-13H,3-5,8-9H2,1-2H3,(H,22,23,25). The van der Waals surface area contributed by atoms with E-state index in [0.717, 1.165) is 35.1 Å². The number of nitrogens with zero attached hydrogens (tertiary/aromatic N) is 2. The molecular formula is C21H23N3O3S2. The number of sulfonamides is 1. The molecule has 0 spiro atoms. The van der Waals surface area contributed by atoms with Crippen LogP contribution in [0.25, 0.3) is 10.2 Å². The van der Waals surface area contributed by atoms with E-state index in [-0.39, 0.29) is 10.8 Å². The van der Waals surface area contributed by atoms with Crippen LogP contribution in [0.2, 0.25) is 0 Å². The van der Waals surface area contributed by atoms with Crippen LogP contribution in [0.4, 0.5) is 5.13 Å². The summed E-state index contributed by atoms with van der Waals surface area (Å²) in [6.45, 7) is 5.04. The quantitative estimate of drug-likeness (QED) is 0.669. The molecule has 1 saturated heterocycles. The van der Waals surface area contributed by atoms with Crippen LogP contribution in [0.1, 0.15) is 40.7 Å². The van der Waals surface area contributed by atoms with Gasteiger partial charge in [-0.15, -0.1) is 0 Å². The average molecular weight is 430 g/mol. The van der Waals surface area contributed by atoms with Crippen molar-refractivity contribution >= 4 is 42.6 Å². The Bertz CT molecular complexity index is 1160. The van der Waals surface area contributed by atoms with Gasteiger partial charge < -0.3 is 0 Å². The van der Waals surface area contributed by atoms with Gasteiger partial charge in [0.15, 0.2) is 5.13 Å². The van der Waals surface area contributed by atoms with Crippen molar-refractivity contribution in [2.75, 3.05) is 18.4 Å². The SMILES string of the molecule is Cc1cc(C)cc(C(=O)Nc2nc3ccc(S(=O)(=O)N4CCCCC4)cc3s2)c1. The molecule has 2 aromatic carbocycles. The van der Waals surface area contributed by atoms with Gasteiger partial charge in [-0.25, -0.2) is 13.4 Å². The number of amides is 1. The summed E-state index contributed by atoms with van der Waals surface area (Å²) in [4.78, 5) is 17.3. The van der Waals surface area contributed by atoms with Gasteiger partial charge in [0.25, 0.3) is 5.91 Å². The number of fused-ring (bicyclic) bond motifs is 1. The van der Waals surface area contributed by atoms with Gasteiger partial charge >= 0.3 is 0 Å². The van der Waals surface area contributed by atoms with E-state index in [1.54, 1.807) is 22.5 Å². The van der Waals surface area contributed by atoms with Crippen molar-refractivity contribution in [1.82, 2.24) is 9.29 Å². The van der Waals surface area contributed by atoms with Gasteiger partial charge in [-0.1, -0.05) is 35.0 Å². The third kappa shape index (κ3) is 4.19. The Morgan fingerprint density at radius 2 is 1.72 bits per heavy atom. The number of rotatable bonds is 4. The van der Waals surface area contributed by atoms with E-state index in [1.807, 2.05) is 32.0 Å². The third-order valence-corrected chi connectivity index (χ3v) is 7.85. The molecule has 2 heterocycles. The molecule has 0 atom stereocenters. The zero-order chi connectivity index (χ0) is 20.6.